The maximum Gasteiger partial charge on any atom is 0.262 e. The average molecular weight is 406 g/mol. The van der Waals surface area contributed by atoms with Crippen molar-refractivity contribution >= 4 is 15.7 Å². The van der Waals surface area contributed by atoms with Gasteiger partial charge in [0.15, 0.2) is 11.6 Å². The maximum absolute atomic E-state index is 12.9. The molecule has 1 aromatic heterocycles. The molecule has 8 heteroatoms. The van der Waals surface area contributed by atoms with Gasteiger partial charge in [-0.05, 0) is 24.3 Å². The third kappa shape index (κ3) is 3.97. The molecule has 0 aliphatic heterocycles. The van der Waals surface area contributed by atoms with Crippen LogP contribution < -0.4 is 9.46 Å². The van der Waals surface area contributed by atoms with E-state index in [2.05, 4.69) is 19.9 Å². The molecule has 0 unspecified atom stereocenters. The van der Waals surface area contributed by atoms with E-state index in [1.165, 1.54) is 19.2 Å². The number of nitrogens with zero attached hydrogens (tertiary/aromatic N) is 2. The summed E-state index contributed by atoms with van der Waals surface area (Å²) in [5.74, 6) is 1.47. The molecule has 4 rings (SSSR count). The van der Waals surface area contributed by atoms with Crippen LogP contribution in [0.2, 0.25) is 0 Å². The van der Waals surface area contributed by atoms with Crippen LogP contribution in [0.15, 0.2) is 83.8 Å². The predicted octanol–water partition coefficient (Wildman–Crippen LogP) is 3.95. The number of rotatable bonds is 6. The Labute approximate surface area is 168 Å². The van der Waals surface area contributed by atoms with E-state index in [0.717, 1.165) is 5.56 Å². The van der Waals surface area contributed by atoms with E-state index in [1.54, 1.807) is 36.4 Å². The first-order valence-corrected chi connectivity index (χ1v) is 10.3. The molecule has 4 aromatic rings. The number of anilines is 1. The van der Waals surface area contributed by atoms with Crippen molar-refractivity contribution in [2.24, 2.45) is 0 Å². The first kappa shape index (κ1) is 18.7. The van der Waals surface area contributed by atoms with E-state index < -0.39 is 10.0 Å². The molecule has 1 heterocycles. The summed E-state index contributed by atoms with van der Waals surface area (Å²) in [7, 11) is -2.33. The van der Waals surface area contributed by atoms with Gasteiger partial charge in [-0.3, -0.25) is 9.82 Å². The molecule has 3 aromatic carbocycles. The number of H-pyrrole nitrogens is 1. The summed E-state index contributed by atoms with van der Waals surface area (Å²) in [6.07, 6.45) is 0. The normalized spacial score (nSPS) is 11.2. The van der Waals surface area contributed by atoms with E-state index >= 15 is 0 Å². The van der Waals surface area contributed by atoms with Crippen molar-refractivity contribution in [1.82, 2.24) is 15.2 Å². The van der Waals surface area contributed by atoms with Crippen LogP contribution >= 0.6 is 0 Å². The quantitative estimate of drug-likeness (QED) is 0.505. The van der Waals surface area contributed by atoms with Gasteiger partial charge < -0.3 is 4.74 Å². The van der Waals surface area contributed by atoms with Gasteiger partial charge >= 0.3 is 0 Å². The van der Waals surface area contributed by atoms with Crippen LogP contribution in [0.1, 0.15) is 0 Å². The van der Waals surface area contributed by atoms with Crippen LogP contribution in [0.3, 0.4) is 0 Å². The van der Waals surface area contributed by atoms with Crippen molar-refractivity contribution in [1.29, 1.82) is 0 Å². The smallest absolute Gasteiger partial charge is 0.262 e. The predicted molar refractivity (Wildman–Crippen MR) is 111 cm³/mol. The van der Waals surface area contributed by atoms with Crippen LogP contribution in [0.4, 0.5) is 5.69 Å². The van der Waals surface area contributed by atoms with Crippen molar-refractivity contribution in [3.8, 4) is 28.5 Å². The number of hydrogen-bond acceptors (Lipinski definition) is 5. The molecular weight excluding hydrogens is 388 g/mol. The van der Waals surface area contributed by atoms with Crippen molar-refractivity contribution in [3.05, 3.63) is 78.9 Å². The van der Waals surface area contributed by atoms with Crippen molar-refractivity contribution in [3.63, 3.8) is 0 Å². The minimum Gasteiger partial charge on any atom is -0.495 e. The molecule has 0 amide bonds. The third-order valence-electron chi connectivity index (χ3n) is 4.29. The highest BCUT2D eigenvalue weighted by atomic mass is 32.2. The number of nitrogens with one attached hydrogen (secondary N) is 2. The highest BCUT2D eigenvalue weighted by Crippen LogP contribution is 2.27. The van der Waals surface area contributed by atoms with Gasteiger partial charge in [-0.15, -0.1) is 0 Å². The highest BCUT2D eigenvalue weighted by molar-refractivity contribution is 7.92. The lowest BCUT2D eigenvalue weighted by Crippen LogP contribution is -2.13. The first-order chi connectivity index (χ1) is 14.1. The zero-order valence-electron chi connectivity index (χ0n) is 15.5. The molecule has 2 N–H and O–H groups in total. The van der Waals surface area contributed by atoms with E-state index in [1.807, 2.05) is 30.3 Å². The number of methoxy groups -OCH3 is 1. The second kappa shape index (κ2) is 7.76. The fraction of sp³-hybridized carbons (Fsp3) is 0.0476. The Hall–Kier alpha value is -3.65. The third-order valence-corrected chi connectivity index (χ3v) is 5.65. The number of para-hydroxylation sites is 2. The molecule has 0 atom stereocenters. The van der Waals surface area contributed by atoms with Crippen LogP contribution in [-0.2, 0) is 10.0 Å². The minimum absolute atomic E-state index is 0.104. The summed E-state index contributed by atoms with van der Waals surface area (Å²) >= 11 is 0. The van der Waals surface area contributed by atoms with Crippen LogP contribution in [0.5, 0.6) is 5.75 Å². The van der Waals surface area contributed by atoms with Gasteiger partial charge in [-0.1, -0.05) is 54.6 Å². The molecule has 146 valence electrons. The molecule has 0 fully saturated rings. The zero-order valence-corrected chi connectivity index (χ0v) is 16.3. The Morgan fingerprint density at radius 1 is 0.897 bits per heavy atom. The number of benzene rings is 3. The summed E-state index contributed by atoms with van der Waals surface area (Å²) in [5, 5.41) is 7.12. The van der Waals surface area contributed by atoms with Gasteiger partial charge in [0.25, 0.3) is 10.0 Å². The standard InChI is InChI=1S/C21H18N4O3S/c1-28-19-13-6-5-12-18(19)25-29(26,27)17-11-7-10-16(14-17)21-22-20(23-24-21)15-8-3-2-4-9-15/h2-14,25H,1H3,(H,22,23,24). The van der Waals surface area contributed by atoms with Crippen molar-refractivity contribution < 1.29 is 13.2 Å². The molecule has 0 saturated heterocycles. The second-order valence-corrected chi connectivity index (χ2v) is 7.89. The monoisotopic (exact) mass is 406 g/mol. The van der Waals surface area contributed by atoms with Crippen LogP contribution in [-0.4, -0.2) is 30.7 Å². The lowest BCUT2D eigenvalue weighted by Gasteiger charge is -2.12. The Balaban J connectivity index is 1.64. The van der Waals surface area contributed by atoms with Crippen LogP contribution in [0.25, 0.3) is 22.8 Å². The topological polar surface area (TPSA) is 97.0 Å². The van der Waals surface area contributed by atoms with E-state index in [0.29, 0.717) is 28.6 Å². The first-order valence-electron chi connectivity index (χ1n) is 8.81. The fourth-order valence-corrected chi connectivity index (χ4v) is 3.97. The number of aromatic amines is 1. The average Bonchev–Trinajstić information content (AvgIpc) is 3.25. The molecule has 0 bridgehead atoms. The summed E-state index contributed by atoms with van der Waals surface area (Å²) in [6, 6.07) is 22.9. The van der Waals surface area contributed by atoms with E-state index in [4.69, 9.17) is 4.74 Å². The Morgan fingerprint density at radius 2 is 1.62 bits per heavy atom. The Kier molecular flexibility index (Phi) is 5.01. The van der Waals surface area contributed by atoms with Crippen LogP contribution in [0, 0.1) is 0 Å². The van der Waals surface area contributed by atoms with Gasteiger partial charge in [0.05, 0.1) is 17.7 Å². The van der Waals surface area contributed by atoms with Gasteiger partial charge in [-0.2, -0.15) is 5.10 Å². The molecule has 7 nitrogen and oxygen atoms in total. The van der Waals surface area contributed by atoms with Crippen molar-refractivity contribution in [2.75, 3.05) is 11.8 Å². The summed E-state index contributed by atoms with van der Waals surface area (Å²) in [6.45, 7) is 0. The summed E-state index contributed by atoms with van der Waals surface area (Å²) in [4.78, 5) is 4.59. The van der Waals surface area contributed by atoms with E-state index in [9.17, 15) is 8.42 Å². The number of ether oxygens (including phenoxy) is 1. The Bertz CT molecular complexity index is 1240. The molecule has 29 heavy (non-hydrogen) atoms. The lowest BCUT2D eigenvalue weighted by molar-refractivity contribution is 0.417. The second-order valence-electron chi connectivity index (χ2n) is 6.21. The Morgan fingerprint density at radius 3 is 2.41 bits per heavy atom. The van der Waals surface area contributed by atoms with Crippen molar-refractivity contribution in [2.45, 2.75) is 4.90 Å². The highest BCUT2D eigenvalue weighted by Gasteiger charge is 2.18. The van der Waals surface area contributed by atoms with Gasteiger partial charge in [0.2, 0.25) is 0 Å². The lowest BCUT2D eigenvalue weighted by atomic mass is 10.2. The molecule has 0 radical (unpaired) electrons. The van der Waals surface area contributed by atoms with Gasteiger partial charge in [-0.25, -0.2) is 13.4 Å². The fourth-order valence-electron chi connectivity index (χ4n) is 2.85. The maximum atomic E-state index is 12.9. The summed E-state index contributed by atoms with van der Waals surface area (Å²) in [5.41, 5.74) is 1.85. The molecule has 0 saturated carbocycles. The summed E-state index contributed by atoms with van der Waals surface area (Å²) < 4.78 is 33.5. The zero-order chi connectivity index (χ0) is 20.3. The molecular formula is C21H18N4O3S. The molecule has 0 spiro atoms. The molecule has 0 aliphatic rings. The number of sulfonamides is 1. The molecule has 0 aliphatic carbocycles. The van der Waals surface area contributed by atoms with Gasteiger partial charge in [0.1, 0.15) is 5.75 Å². The minimum atomic E-state index is -3.82. The van der Waals surface area contributed by atoms with Gasteiger partial charge in [0, 0.05) is 11.1 Å². The SMILES string of the molecule is COc1ccccc1NS(=O)(=O)c1cccc(-c2n[nH]c(-c3ccccc3)n2)c1. The van der Waals surface area contributed by atoms with E-state index in [-0.39, 0.29) is 4.90 Å². The number of hydrogen-bond donors (Lipinski definition) is 2. The largest absolute Gasteiger partial charge is 0.495 e. The number of aromatic nitrogens is 3.